The summed E-state index contributed by atoms with van der Waals surface area (Å²) in [6.07, 6.45) is -24.1. The smallest absolute Gasteiger partial charge is 0.186 e. The lowest BCUT2D eigenvalue weighted by atomic mass is 9.53. The first-order chi connectivity index (χ1) is 21.7. The fourth-order valence-corrected chi connectivity index (χ4v) is 7.02. The van der Waals surface area contributed by atoms with Gasteiger partial charge in [0.05, 0.1) is 63.7 Å². The summed E-state index contributed by atoms with van der Waals surface area (Å²) in [5, 5.41) is 124. The highest BCUT2D eigenvalue weighted by Crippen LogP contribution is 2.53. The zero-order valence-electron chi connectivity index (χ0n) is 24.1. The van der Waals surface area contributed by atoms with Gasteiger partial charge >= 0.3 is 0 Å². The molecular weight excluding hydrogens is 632 g/mol. The maximum Gasteiger partial charge on any atom is 0.186 e. The van der Waals surface area contributed by atoms with Gasteiger partial charge in [-0.1, -0.05) is 0 Å². The van der Waals surface area contributed by atoms with Crippen molar-refractivity contribution in [1.29, 1.82) is 0 Å². The second-order valence-electron chi connectivity index (χ2n) is 12.1. The highest BCUT2D eigenvalue weighted by atomic mass is 16.7. The molecule has 0 spiro atoms. The minimum atomic E-state index is -2.86. The predicted octanol–water partition coefficient (Wildman–Crippen LogP) is -9.01. The fourth-order valence-electron chi connectivity index (χ4n) is 7.02. The molecule has 1 saturated carbocycles. The maximum absolute atomic E-state index is 14.0. The number of carbonyl (C=O) groups excluding carboxylic acids is 2. The summed E-state index contributed by atoms with van der Waals surface area (Å²) in [5.74, 6) is -6.38. The molecule has 4 heterocycles. The molecule has 20 heteroatoms. The summed E-state index contributed by atoms with van der Waals surface area (Å²) in [6.45, 7) is -5.25. The van der Waals surface area contributed by atoms with E-state index >= 15 is 0 Å². The molecule has 5 rings (SSSR count). The summed E-state index contributed by atoms with van der Waals surface area (Å²) in [7, 11) is 0. The SMILES string of the molecule is O=C1C2C(CO)OC(CO[C@@H]3O[C@H](CO)[C@@H](O)[C@H](O)[C@H]3O)C1(O)C1C(=O)C2(O)C(CO[C@@H]2O[C@H](CO)[C@@H](O)[C@H](O)[C@H]2O)OC1CO. The Morgan fingerprint density at radius 3 is 1.13 bits per heavy atom. The summed E-state index contributed by atoms with van der Waals surface area (Å²) in [5.41, 5.74) is -5.71. The van der Waals surface area contributed by atoms with Crippen molar-refractivity contribution in [3.63, 3.8) is 0 Å². The van der Waals surface area contributed by atoms with Crippen LogP contribution in [0.1, 0.15) is 0 Å². The Bertz CT molecular complexity index is 1020. The third kappa shape index (κ3) is 5.43. The van der Waals surface area contributed by atoms with Crippen molar-refractivity contribution in [2.45, 2.75) is 97.0 Å². The van der Waals surface area contributed by atoms with Gasteiger partial charge in [-0.3, -0.25) is 9.59 Å². The van der Waals surface area contributed by atoms with Crippen LogP contribution >= 0.6 is 0 Å². The Kier molecular flexibility index (Phi) is 10.5. The summed E-state index contributed by atoms with van der Waals surface area (Å²) >= 11 is 0. The van der Waals surface area contributed by atoms with Crippen LogP contribution in [0.2, 0.25) is 0 Å². The number of Topliss-reactive ketones (excluding diaryl/α,β-unsaturated/α-hetero) is 2. The Balaban J connectivity index is 1.40. The van der Waals surface area contributed by atoms with E-state index in [1.165, 1.54) is 0 Å². The molecule has 0 radical (unpaired) electrons. The molecule has 0 aromatic heterocycles. The largest absolute Gasteiger partial charge is 0.394 e. The first kappa shape index (κ1) is 35.9. The maximum atomic E-state index is 14.0. The molecule has 0 aromatic rings. The lowest BCUT2D eigenvalue weighted by Gasteiger charge is -2.61. The molecule has 46 heavy (non-hydrogen) atoms. The van der Waals surface area contributed by atoms with Crippen molar-refractivity contribution in [2.24, 2.45) is 11.8 Å². The Labute approximate surface area is 259 Å². The van der Waals surface area contributed by atoms with Crippen molar-refractivity contribution in [1.82, 2.24) is 0 Å². The Morgan fingerprint density at radius 2 is 0.826 bits per heavy atom. The molecule has 4 aliphatic heterocycles. The van der Waals surface area contributed by atoms with Gasteiger partial charge in [-0.15, -0.1) is 0 Å². The van der Waals surface area contributed by atoms with Gasteiger partial charge in [-0.2, -0.15) is 0 Å². The Morgan fingerprint density at radius 1 is 0.500 bits per heavy atom. The number of fused-ring (bicyclic) bond motifs is 6. The molecule has 4 saturated heterocycles. The van der Waals surface area contributed by atoms with Crippen LogP contribution < -0.4 is 0 Å². The van der Waals surface area contributed by atoms with Crippen molar-refractivity contribution < 1.29 is 99.3 Å². The van der Waals surface area contributed by atoms with Crippen LogP contribution in [0.5, 0.6) is 0 Å². The van der Waals surface area contributed by atoms with E-state index in [-0.39, 0.29) is 0 Å². The van der Waals surface area contributed by atoms with E-state index < -0.39 is 160 Å². The molecule has 5 aliphatic rings. The first-order valence-electron chi connectivity index (χ1n) is 14.6. The molecule has 4 bridgehead atoms. The van der Waals surface area contributed by atoms with Crippen molar-refractivity contribution in [3.8, 4) is 0 Å². The van der Waals surface area contributed by atoms with Crippen LogP contribution in [0, 0.1) is 11.8 Å². The molecule has 1 aliphatic carbocycles. The zero-order chi connectivity index (χ0) is 33.9. The van der Waals surface area contributed by atoms with Gasteiger partial charge in [0.15, 0.2) is 35.3 Å². The highest BCUT2D eigenvalue weighted by molar-refractivity contribution is 6.09. The highest BCUT2D eigenvalue weighted by Gasteiger charge is 2.77. The van der Waals surface area contributed by atoms with E-state index in [9.17, 15) is 70.9 Å². The van der Waals surface area contributed by atoms with Crippen molar-refractivity contribution in [3.05, 3.63) is 0 Å². The van der Waals surface area contributed by atoms with Gasteiger partial charge in [0, 0.05) is 0 Å². The van der Waals surface area contributed by atoms with Gasteiger partial charge in [0.1, 0.15) is 61.0 Å². The lowest BCUT2D eigenvalue weighted by Crippen LogP contribution is -2.85. The number of carbonyl (C=O) groups is 2. The third-order valence-electron chi connectivity index (χ3n) is 9.59. The predicted molar refractivity (Wildman–Crippen MR) is 138 cm³/mol. The second kappa shape index (κ2) is 13.5. The number of rotatable bonds is 10. The van der Waals surface area contributed by atoms with Crippen LogP contribution in [0.25, 0.3) is 0 Å². The van der Waals surface area contributed by atoms with E-state index in [1.807, 2.05) is 0 Å². The minimum absolute atomic E-state index is 0.784. The summed E-state index contributed by atoms with van der Waals surface area (Å²) in [6, 6.07) is 0. The number of hydrogen-bond donors (Lipinski definition) is 12. The number of ether oxygens (including phenoxy) is 6. The lowest BCUT2D eigenvalue weighted by molar-refractivity contribution is -0.337. The molecule has 20 nitrogen and oxygen atoms in total. The third-order valence-corrected chi connectivity index (χ3v) is 9.59. The van der Waals surface area contributed by atoms with Gasteiger partial charge in [0.2, 0.25) is 0 Å². The number of aliphatic hydroxyl groups excluding tert-OH is 10. The van der Waals surface area contributed by atoms with E-state index in [2.05, 4.69) is 0 Å². The average Bonchev–Trinajstić information content (AvgIpc) is 3.04. The van der Waals surface area contributed by atoms with Gasteiger partial charge in [-0.05, 0) is 0 Å². The summed E-state index contributed by atoms with van der Waals surface area (Å²) in [4.78, 5) is 28.0. The van der Waals surface area contributed by atoms with Crippen LogP contribution in [0.4, 0.5) is 0 Å². The normalized spacial score (nSPS) is 52.5. The summed E-state index contributed by atoms with van der Waals surface area (Å²) < 4.78 is 33.0. The van der Waals surface area contributed by atoms with Crippen LogP contribution in [0.15, 0.2) is 0 Å². The molecule has 0 amide bonds. The standard InChI is InChI=1S/C26H40O20/c27-1-7-13-21(37)26(40,11(43-7)5-41-23-19(35)17(33)15(31)9(3-29)45-23)14-8(2-28)44-12(25(13,39)22(14)38)6-42-24-20(36)18(34)16(32)10(4-30)46-24/h7-20,23-24,27-36,39-40H,1-6H2/t7?,8?,9-,10-,11?,12?,13?,14?,15-,16-,17+,18+,19-,20-,23-,24-,25?,26?/m1/s1. The minimum Gasteiger partial charge on any atom is -0.394 e. The van der Waals surface area contributed by atoms with E-state index in [1.54, 1.807) is 0 Å². The monoisotopic (exact) mass is 672 g/mol. The molecule has 18 atom stereocenters. The quantitative estimate of drug-likeness (QED) is 0.102. The molecule has 8 unspecified atom stereocenters. The second-order valence-corrected chi connectivity index (χ2v) is 12.1. The van der Waals surface area contributed by atoms with Gasteiger partial charge < -0.3 is 89.7 Å². The zero-order valence-corrected chi connectivity index (χ0v) is 24.1. The van der Waals surface area contributed by atoms with Gasteiger partial charge in [0.25, 0.3) is 0 Å². The molecular formula is C26H40O20. The molecule has 264 valence electrons. The van der Waals surface area contributed by atoms with Crippen molar-refractivity contribution in [2.75, 3.05) is 39.6 Å². The topological polar surface area (TPSA) is 332 Å². The Hall–Kier alpha value is -1.38. The van der Waals surface area contributed by atoms with Crippen LogP contribution in [-0.2, 0) is 38.0 Å². The molecule has 12 N–H and O–H groups in total. The number of ketones is 2. The van der Waals surface area contributed by atoms with Crippen molar-refractivity contribution >= 4 is 11.6 Å². The van der Waals surface area contributed by atoms with Crippen LogP contribution in [-0.4, -0.2) is 210 Å². The van der Waals surface area contributed by atoms with E-state index in [4.69, 9.17) is 28.4 Å². The first-order valence-corrected chi connectivity index (χ1v) is 14.6. The number of hydrogen-bond acceptors (Lipinski definition) is 20. The number of aliphatic hydroxyl groups is 12. The molecule has 5 fully saturated rings. The van der Waals surface area contributed by atoms with E-state index in [0.29, 0.717) is 0 Å². The van der Waals surface area contributed by atoms with E-state index in [0.717, 1.165) is 0 Å². The van der Waals surface area contributed by atoms with Crippen LogP contribution in [0.3, 0.4) is 0 Å². The molecule has 0 aromatic carbocycles. The van der Waals surface area contributed by atoms with Gasteiger partial charge in [-0.25, -0.2) is 0 Å². The fraction of sp³-hybridized carbons (Fsp3) is 0.923. The average molecular weight is 673 g/mol.